The van der Waals surface area contributed by atoms with Gasteiger partial charge < -0.3 is 9.88 Å². The molecular formula is C27H27FN2O. The predicted octanol–water partition coefficient (Wildman–Crippen LogP) is 5.43. The van der Waals surface area contributed by atoms with Crippen molar-refractivity contribution < 1.29 is 9.18 Å². The second-order valence-corrected chi connectivity index (χ2v) is 7.98. The average molecular weight is 415 g/mol. The molecule has 0 saturated heterocycles. The van der Waals surface area contributed by atoms with E-state index in [-0.39, 0.29) is 11.7 Å². The number of aryl methyl sites for hydroxylation is 2. The minimum absolute atomic E-state index is 0.0537. The molecule has 0 saturated carbocycles. The highest BCUT2D eigenvalue weighted by atomic mass is 19.1. The molecule has 158 valence electrons. The van der Waals surface area contributed by atoms with Crippen LogP contribution in [0.15, 0.2) is 79.0 Å². The van der Waals surface area contributed by atoms with Crippen molar-refractivity contribution in [3.05, 3.63) is 107 Å². The zero-order chi connectivity index (χ0) is 21.6. The quantitative estimate of drug-likeness (QED) is 0.410. The van der Waals surface area contributed by atoms with Gasteiger partial charge in [0.15, 0.2) is 0 Å². The fourth-order valence-electron chi connectivity index (χ4n) is 3.90. The van der Waals surface area contributed by atoms with Gasteiger partial charge in [-0.15, -0.1) is 0 Å². The third kappa shape index (κ3) is 5.21. The summed E-state index contributed by atoms with van der Waals surface area (Å²) in [6.45, 7) is 3.17. The van der Waals surface area contributed by atoms with E-state index in [0.717, 1.165) is 22.9 Å². The Bertz CT molecular complexity index is 1180. The van der Waals surface area contributed by atoms with Crippen LogP contribution in [0.1, 0.15) is 28.7 Å². The zero-order valence-corrected chi connectivity index (χ0v) is 17.8. The Labute approximate surface area is 182 Å². The van der Waals surface area contributed by atoms with Crippen LogP contribution >= 0.6 is 0 Å². The molecule has 1 aromatic heterocycles. The number of amides is 1. The molecule has 0 spiro atoms. The molecular weight excluding hydrogens is 387 g/mol. The van der Waals surface area contributed by atoms with E-state index in [1.807, 2.05) is 30.3 Å². The van der Waals surface area contributed by atoms with Gasteiger partial charge in [0.2, 0.25) is 5.91 Å². The van der Waals surface area contributed by atoms with Crippen LogP contribution in [0.5, 0.6) is 0 Å². The van der Waals surface area contributed by atoms with E-state index in [1.165, 1.54) is 17.2 Å². The molecule has 0 aliphatic carbocycles. The highest BCUT2D eigenvalue weighted by Crippen LogP contribution is 2.24. The number of benzene rings is 3. The lowest BCUT2D eigenvalue weighted by Crippen LogP contribution is -2.25. The average Bonchev–Trinajstić information content (AvgIpc) is 3.13. The fraction of sp³-hybridized carbons (Fsp3) is 0.222. The molecule has 4 aromatic rings. The van der Waals surface area contributed by atoms with Gasteiger partial charge in [-0.1, -0.05) is 66.2 Å². The van der Waals surface area contributed by atoms with Crippen molar-refractivity contribution >= 4 is 16.8 Å². The molecule has 1 heterocycles. The Kier molecular flexibility index (Phi) is 6.46. The van der Waals surface area contributed by atoms with E-state index >= 15 is 0 Å². The number of carbonyl (C=O) groups excluding carboxylic acids is 1. The SMILES string of the molecule is Cc1ccc(CCNC(=O)CCc2cn(Cc3ccccc3F)c3ccccc23)cc1. The van der Waals surface area contributed by atoms with Crippen molar-refractivity contribution in [3.63, 3.8) is 0 Å². The maximum atomic E-state index is 14.1. The topological polar surface area (TPSA) is 34.0 Å². The highest BCUT2D eigenvalue weighted by Gasteiger charge is 2.11. The van der Waals surface area contributed by atoms with E-state index in [2.05, 4.69) is 53.3 Å². The maximum absolute atomic E-state index is 14.1. The first kappa shape index (κ1) is 20.9. The van der Waals surface area contributed by atoms with E-state index in [4.69, 9.17) is 0 Å². The number of rotatable bonds is 8. The summed E-state index contributed by atoms with van der Waals surface area (Å²) in [6.07, 6.45) is 3.97. The van der Waals surface area contributed by atoms with Crippen molar-refractivity contribution in [1.29, 1.82) is 0 Å². The van der Waals surface area contributed by atoms with Gasteiger partial charge in [-0.3, -0.25) is 4.79 Å². The lowest BCUT2D eigenvalue weighted by molar-refractivity contribution is -0.121. The molecule has 31 heavy (non-hydrogen) atoms. The third-order valence-corrected chi connectivity index (χ3v) is 5.65. The van der Waals surface area contributed by atoms with Crippen molar-refractivity contribution in [3.8, 4) is 0 Å². The van der Waals surface area contributed by atoms with Crippen LogP contribution in [0.2, 0.25) is 0 Å². The summed E-state index contributed by atoms with van der Waals surface area (Å²) in [5.74, 6) is -0.146. The van der Waals surface area contributed by atoms with Crippen LogP contribution in [0.4, 0.5) is 4.39 Å². The Morgan fingerprint density at radius 3 is 2.45 bits per heavy atom. The summed E-state index contributed by atoms with van der Waals surface area (Å²) in [7, 11) is 0. The first-order valence-corrected chi connectivity index (χ1v) is 10.7. The second kappa shape index (κ2) is 9.61. The Balaban J connectivity index is 1.38. The number of aromatic nitrogens is 1. The number of para-hydroxylation sites is 1. The van der Waals surface area contributed by atoms with Crippen LogP contribution in [0, 0.1) is 12.7 Å². The molecule has 0 radical (unpaired) electrons. The minimum atomic E-state index is -0.199. The maximum Gasteiger partial charge on any atom is 0.220 e. The molecule has 0 fully saturated rings. The van der Waals surface area contributed by atoms with Gasteiger partial charge >= 0.3 is 0 Å². The number of nitrogens with zero attached hydrogens (tertiary/aromatic N) is 1. The summed E-state index contributed by atoms with van der Waals surface area (Å²) in [5.41, 5.74) is 5.29. The Hall–Kier alpha value is -3.40. The lowest BCUT2D eigenvalue weighted by atomic mass is 10.1. The molecule has 0 bridgehead atoms. The summed E-state index contributed by atoms with van der Waals surface area (Å²) in [5, 5.41) is 4.14. The van der Waals surface area contributed by atoms with Gasteiger partial charge in [-0.05, 0) is 43.0 Å². The van der Waals surface area contributed by atoms with E-state index in [9.17, 15) is 9.18 Å². The molecule has 0 aliphatic heterocycles. The first-order valence-electron chi connectivity index (χ1n) is 10.7. The first-order chi connectivity index (χ1) is 15.1. The third-order valence-electron chi connectivity index (χ3n) is 5.65. The zero-order valence-electron chi connectivity index (χ0n) is 17.8. The number of carbonyl (C=O) groups is 1. The smallest absolute Gasteiger partial charge is 0.220 e. The summed E-state index contributed by atoms with van der Waals surface area (Å²) in [4.78, 5) is 12.4. The number of hydrogen-bond donors (Lipinski definition) is 1. The molecule has 4 rings (SSSR count). The Morgan fingerprint density at radius 1 is 0.903 bits per heavy atom. The molecule has 0 atom stereocenters. The molecule has 1 N–H and O–H groups in total. The molecule has 0 unspecified atom stereocenters. The molecule has 0 aliphatic rings. The Morgan fingerprint density at radius 2 is 1.65 bits per heavy atom. The molecule has 3 nitrogen and oxygen atoms in total. The van der Waals surface area contributed by atoms with Crippen molar-refractivity contribution in [2.24, 2.45) is 0 Å². The van der Waals surface area contributed by atoms with E-state index in [1.54, 1.807) is 6.07 Å². The van der Waals surface area contributed by atoms with Gasteiger partial charge in [0.25, 0.3) is 0 Å². The van der Waals surface area contributed by atoms with Crippen molar-refractivity contribution in [2.45, 2.75) is 32.7 Å². The lowest BCUT2D eigenvalue weighted by Gasteiger charge is -2.06. The molecule has 3 aromatic carbocycles. The van der Waals surface area contributed by atoms with Gasteiger partial charge in [0.05, 0.1) is 6.54 Å². The van der Waals surface area contributed by atoms with Crippen LogP contribution in [-0.4, -0.2) is 17.0 Å². The number of fused-ring (bicyclic) bond motifs is 1. The summed E-state index contributed by atoms with van der Waals surface area (Å²) < 4.78 is 16.2. The van der Waals surface area contributed by atoms with E-state index in [0.29, 0.717) is 31.5 Å². The van der Waals surface area contributed by atoms with Crippen molar-refractivity contribution in [2.75, 3.05) is 6.54 Å². The van der Waals surface area contributed by atoms with Gasteiger partial charge in [0, 0.05) is 35.6 Å². The van der Waals surface area contributed by atoms with Crippen LogP contribution in [0.3, 0.4) is 0 Å². The van der Waals surface area contributed by atoms with Crippen molar-refractivity contribution in [1.82, 2.24) is 9.88 Å². The van der Waals surface area contributed by atoms with Crippen LogP contribution < -0.4 is 5.32 Å². The number of hydrogen-bond acceptors (Lipinski definition) is 1. The standard InChI is InChI=1S/C27H27FN2O/c1-20-10-12-21(13-11-20)16-17-29-27(31)15-14-22-18-30(26-9-5-3-7-24(22)26)19-23-6-2-4-8-25(23)28/h2-13,18H,14-17,19H2,1H3,(H,29,31). The number of nitrogens with one attached hydrogen (secondary N) is 1. The summed E-state index contributed by atoms with van der Waals surface area (Å²) >= 11 is 0. The predicted molar refractivity (Wildman–Crippen MR) is 124 cm³/mol. The van der Waals surface area contributed by atoms with E-state index < -0.39 is 0 Å². The second-order valence-electron chi connectivity index (χ2n) is 7.98. The monoisotopic (exact) mass is 414 g/mol. The van der Waals surface area contributed by atoms with Crippen LogP contribution in [0.25, 0.3) is 10.9 Å². The minimum Gasteiger partial charge on any atom is -0.356 e. The normalized spacial score (nSPS) is 11.0. The molecule has 1 amide bonds. The number of halogens is 1. The van der Waals surface area contributed by atoms with Gasteiger partial charge in [0.1, 0.15) is 5.82 Å². The summed E-state index contributed by atoms with van der Waals surface area (Å²) in [6, 6.07) is 23.3. The van der Waals surface area contributed by atoms with Gasteiger partial charge in [-0.2, -0.15) is 0 Å². The highest BCUT2D eigenvalue weighted by molar-refractivity contribution is 5.85. The van der Waals surface area contributed by atoms with Crippen LogP contribution in [-0.2, 0) is 24.2 Å². The molecule has 4 heteroatoms. The van der Waals surface area contributed by atoms with Gasteiger partial charge in [-0.25, -0.2) is 4.39 Å². The fourth-order valence-corrected chi connectivity index (χ4v) is 3.90. The largest absolute Gasteiger partial charge is 0.356 e.